The van der Waals surface area contributed by atoms with Crippen molar-refractivity contribution in [2.45, 2.75) is 32.7 Å². The first-order valence-electron chi connectivity index (χ1n) is 6.21. The van der Waals surface area contributed by atoms with E-state index in [0.29, 0.717) is 12.0 Å². The van der Waals surface area contributed by atoms with Gasteiger partial charge >= 0.3 is 0 Å². The summed E-state index contributed by atoms with van der Waals surface area (Å²) in [7, 11) is -3.01. The lowest BCUT2D eigenvalue weighted by Gasteiger charge is -2.27. The Bertz CT molecular complexity index is 609. The smallest absolute Gasteiger partial charge is 0.272 e. The highest BCUT2D eigenvalue weighted by molar-refractivity contribution is 7.90. The first kappa shape index (κ1) is 16.4. The van der Waals surface area contributed by atoms with Crippen LogP contribution in [-0.4, -0.2) is 30.9 Å². The van der Waals surface area contributed by atoms with Crippen LogP contribution in [0.15, 0.2) is 18.2 Å². The van der Waals surface area contributed by atoms with E-state index in [1.165, 1.54) is 12.3 Å². The third-order valence-corrected chi connectivity index (χ3v) is 3.92. The van der Waals surface area contributed by atoms with Gasteiger partial charge in [0.1, 0.15) is 9.84 Å². The van der Waals surface area contributed by atoms with E-state index in [1.54, 1.807) is 19.1 Å². The van der Waals surface area contributed by atoms with Gasteiger partial charge < -0.3 is 5.32 Å². The zero-order valence-electron chi connectivity index (χ0n) is 12.1. The normalized spacial score (nSPS) is 12.2. The van der Waals surface area contributed by atoms with Gasteiger partial charge in [0.25, 0.3) is 5.69 Å². The van der Waals surface area contributed by atoms with Crippen LogP contribution in [0.4, 0.5) is 11.4 Å². The van der Waals surface area contributed by atoms with E-state index in [0.717, 1.165) is 5.69 Å². The standard InChI is InChI=1S/C13H20N2O4S/c1-10-9-11(5-6-12(10)15(16)17)14-13(2,3)7-8-20(4,18)19/h5-6,9,14H,7-8H2,1-4H3. The number of nitro groups is 1. The van der Waals surface area contributed by atoms with Gasteiger partial charge in [-0.1, -0.05) is 0 Å². The summed E-state index contributed by atoms with van der Waals surface area (Å²) in [6.45, 7) is 5.47. The van der Waals surface area contributed by atoms with Crippen molar-refractivity contribution in [1.82, 2.24) is 0 Å². The lowest BCUT2D eigenvalue weighted by Crippen LogP contribution is -2.33. The fourth-order valence-electron chi connectivity index (χ4n) is 1.83. The molecule has 0 radical (unpaired) electrons. The molecule has 6 nitrogen and oxygen atoms in total. The van der Waals surface area contributed by atoms with E-state index >= 15 is 0 Å². The predicted octanol–water partition coefficient (Wildman–Crippen LogP) is 2.53. The average molecular weight is 300 g/mol. The number of nitro benzene ring substituents is 1. The Morgan fingerprint density at radius 3 is 2.40 bits per heavy atom. The Labute approximate surface area is 119 Å². The van der Waals surface area contributed by atoms with Crippen LogP contribution < -0.4 is 5.32 Å². The van der Waals surface area contributed by atoms with Gasteiger partial charge in [-0.05, 0) is 39.3 Å². The van der Waals surface area contributed by atoms with E-state index in [1.807, 2.05) is 13.8 Å². The molecule has 0 fully saturated rings. The molecule has 112 valence electrons. The van der Waals surface area contributed by atoms with E-state index in [2.05, 4.69) is 5.32 Å². The second kappa shape index (κ2) is 5.78. The predicted molar refractivity (Wildman–Crippen MR) is 79.9 cm³/mol. The summed E-state index contributed by atoms with van der Waals surface area (Å²) in [5, 5.41) is 14.0. The van der Waals surface area contributed by atoms with Crippen molar-refractivity contribution in [2.75, 3.05) is 17.3 Å². The summed E-state index contributed by atoms with van der Waals surface area (Å²) in [6.07, 6.45) is 1.67. The molecule has 0 bridgehead atoms. The number of sulfone groups is 1. The van der Waals surface area contributed by atoms with Gasteiger partial charge in [-0.2, -0.15) is 0 Å². The summed E-state index contributed by atoms with van der Waals surface area (Å²) in [5.74, 6) is 0.0962. The number of nitrogens with zero attached hydrogens (tertiary/aromatic N) is 1. The Kier molecular flexibility index (Phi) is 4.75. The molecule has 0 aliphatic heterocycles. The molecule has 0 atom stereocenters. The number of hydrogen-bond acceptors (Lipinski definition) is 5. The Morgan fingerprint density at radius 1 is 1.35 bits per heavy atom. The first-order valence-corrected chi connectivity index (χ1v) is 8.27. The van der Waals surface area contributed by atoms with E-state index in [9.17, 15) is 18.5 Å². The summed E-state index contributed by atoms with van der Waals surface area (Å²) in [6, 6.07) is 4.78. The van der Waals surface area contributed by atoms with Crippen molar-refractivity contribution in [3.63, 3.8) is 0 Å². The van der Waals surface area contributed by atoms with Crippen LogP contribution in [0, 0.1) is 17.0 Å². The number of nitrogens with one attached hydrogen (secondary N) is 1. The van der Waals surface area contributed by atoms with E-state index in [-0.39, 0.29) is 11.4 Å². The molecule has 1 rings (SSSR count). The molecule has 0 heterocycles. The number of benzene rings is 1. The highest BCUT2D eigenvalue weighted by Gasteiger charge is 2.20. The van der Waals surface area contributed by atoms with Crippen molar-refractivity contribution >= 4 is 21.2 Å². The van der Waals surface area contributed by atoms with Gasteiger partial charge in [0, 0.05) is 29.1 Å². The van der Waals surface area contributed by atoms with Crippen LogP contribution in [0.25, 0.3) is 0 Å². The van der Waals surface area contributed by atoms with Crippen molar-refractivity contribution in [1.29, 1.82) is 0 Å². The minimum atomic E-state index is -3.01. The maximum atomic E-state index is 11.2. The monoisotopic (exact) mass is 300 g/mol. The molecule has 0 aliphatic carbocycles. The summed E-state index contributed by atoms with van der Waals surface area (Å²) in [5.41, 5.74) is 0.973. The zero-order chi connectivity index (χ0) is 15.6. The maximum absolute atomic E-state index is 11.2. The average Bonchev–Trinajstić information content (AvgIpc) is 2.24. The fourth-order valence-corrected chi connectivity index (χ4v) is 2.71. The first-order chi connectivity index (χ1) is 9.00. The van der Waals surface area contributed by atoms with Gasteiger partial charge in [0.15, 0.2) is 0 Å². The van der Waals surface area contributed by atoms with Crippen LogP contribution in [0.2, 0.25) is 0 Å². The van der Waals surface area contributed by atoms with Crippen molar-refractivity contribution in [2.24, 2.45) is 0 Å². The largest absolute Gasteiger partial charge is 0.380 e. The zero-order valence-corrected chi connectivity index (χ0v) is 13.0. The van der Waals surface area contributed by atoms with Gasteiger partial charge in [0.05, 0.1) is 10.7 Å². The highest BCUT2D eigenvalue weighted by Crippen LogP contribution is 2.25. The molecule has 1 N–H and O–H groups in total. The molecule has 7 heteroatoms. The molecule has 20 heavy (non-hydrogen) atoms. The number of rotatable bonds is 6. The summed E-state index contributed by atoms with van der Waals surface area (Å²) >= 11 is 0. The van der Waals surface area contributed by atoms with Crippen LogP contribution in [0.3, 0.4) is 0 Å². The van der Waals surface area contributed by atoms with Crippen molar-refractivity contribution < 1.29 is 13.3 Å². The molecule has 0 aromatic heterocycles. The SMILES string of the molecule is Cc1cc(NC(C)(C)CCS(C)(=O)=O)ccc1[N+](=O)[O-]. The van der Waals surface area contributed by atoms with Gasteiger partial charge in [0.2, 0.25) is 0 Å². The van der Waals surface area contributed by atoms with E-state index < -0.39 is 20.3 Å². The van der Waals surface area contributed by atoms with Gasteiger partial charge in [-0.15, -0.1) is 0 Å². The second-order valence-electron chi connectivity index (χ2n) is 5.65. The highest BCUT2D eigenvalue weighted by atomic mass is 32.2. The van der Waals surface area contributed by atoms with Crippen LogP contribution in [-0.2, 0) is 9.84 Å². The molecule has 0 saturated carbocycles. The lowest BCUT2D eigenvalue weighted by molar-refractivity contribution is -0.385. The molecular formula is C13H20N2O4S. The third kappa shape index (κ3) is 5.16. The molecule has 1 aromatic carbocycles. The quantitative estimate of drug-likeness (QED) is 0.644. The number of anilines is 1. The van der Waals surface area contributed by atoms with Crippen LogP contribution in [0.5, 0.6) is 0 Å². The van der Waals surface area contributed by atoms with Crippen molar-refractivity contribution in [3.8, 4) is 0 Å². The minimum Gasteiger partial charge on any atom is -0.380 e. The maximum Gasteiger partial charge on any atom is 0.272 e. The summed E-state index contributed by atoms with van der Waals surface area (Å²) < 4.78 is 22.4. The lowest BCUT2D eigenvalue weighted by atomic mass is 10.0. The Morgan fingerprint density at radius 2 is 1.95 bits per heavy atom. The molecule has 0 spiro atoms. The third-order valence-electron chi connectivity index (χ3n) is 2.97. The minimum absolute atomic E-state index is 0.0736. The topological polar surface area (TPSA) is 89.3 Å². The Balaban J connectivity index is 2.82. The second-order valence-corrected chi connectivity index (χ2v) is 7.91. The molecule has 0 amide bonds. The summed E-state index contributed by atoms with van der Waals surface area (Å²) in [4.78, 5) is 10.3. The van der Waals surface area contributed by atoms with Gasteiger partial charge in [-0.25, -0.2) is 8.42 Å². The van der Waals surface area contributed by atoms with Crippen LogP contribution >= 0.6 is 0 Å². The molecule has 0 aliphatic rings. The number of hydrogen-bond donors (Lipinski definition) is 1. The number of aryl methyl sites for hydroxylation is 1. The molecule has 0 saturated heterocycles. The Hall–Kier alpha value is -1.63. The fraction of sp³-hybridized carbons (Fsp3) is 0.538. The molecule has 0 unspecified atom stereocenters. The molecular weight excluding hydrogens is 280 g/mol. The van der Waals surface area contributed by atoms with E-state index in [4.69, 9.17) is 0 Å². The molecule has 1 aromatic rings. The van der Waals surface area contributed by atoms with Crippen molar-refractivity contribution in [3.05, 3.63) is 33.9 Å². The van der Waals surface area contributed by atoms with Gasteiger partial charge in [-0.3, -0.25) is 10.1 Å². The van der Waals surface area contributed by atoms with Crippen LogP contribution in [0.1, 0.15) is 25.8 Å².